The average molecular weight is 482 g/mol. The van der Waals surface area contributed by atoms with Gasteiger partial charge in [0.05, 0.1) is 4.90 Å². The minimum absolute atomic E-state index is 0.173. The molecule has 178 valence electrons. The number of nitrogens with zero attached hydrogens (tertiary/aromatic N) is 2. The van der Waals surface area contributed by atoms with Gasteiger partial charge >= 0.3 is 0 Å². The van der Waals surface area contributed by atoms with Crippen molar-refractivity contribution in [2.75, 3.05) is 39.3 Å². The lowest BCUT2D eigenvalue weighted by Gasteiger charge is -2.33. The van der Waals surface area contributed by atoms with E-state index < -0.39 is 15.9 Å². The molecule has 34 heavy (non-hydrogen) atoms. The molecule has 0 saturated carbocycles. The Morgan fingerprint density at radius 2 is 1.74 bits per heavy atom. The van der Waals surface area contributed by atoms with Crippen LogP contribution in [-0.4, -0.2) is 68.1 Å². The van der Waals surface area contributed by atoms with Crippen LogP contribution in [0.15, 0.2) is 77.7 Å². The van der Waals surface area contributed by atoms with Crippen molar-refractivity contribution in [3.05, 3.63) is 78.4 Å². The van der Waals surface area contributed by atoms with Gasteiger partial charge in [-0.3, -0.25) is 14.9 Å². The molecular weight excluding hydrogens is 454 g/mol. The highest BCUT2D eigenvalue weighted by Gasteiger charge is 2.28. The number of carbonyl (C=O) groups is 1. The molecule has 1 fully saturated rings. The van der Waals surface area contributed by atoms with Crippen LogP contribution in [0.4, 0.5) is 0 Å². The number of nitrogens with one attached hydrogen (secondary N) is 1. The van der Waals surface area contributed by atoms with E-state index in [1.54, 1.807) is 18.2 Å². The molecule has 2 N–H and O–H groups in total. The minimum atomic E-state index is -3.64. The number of amides is 1. The Kier molecular flexibility index (Phi) is 7.59. The molecule has 0 aliphatic carbocycles. The van der Waals surface area contributed by atoms with Gasteiger partial charge in [-0.05, 0) is 46.7 Å². The lowest BCUT2D eigenvalue weighted by molar-refractivity contribution is -0.124. The summed E-state index contributed by atoms with van der Waals surface area (Å²) < 4.78 is 33.6. The summed E-state index contributed by atoms with van der Waals surface area (Å²) in [5.41, 5.74) is 2.05. The molecule has 1 heterocycles. The number of piperazine rings is 1. The second-order valence-electron chi connectivity index (χ2n) is 7.99. The zero-order valence-electron chi connectivity index (χ0n) is 18.6. The minimum Gasteiger partial charge on any atom is -0.492 e. The highest BCUT2D eigenvalue weighted by molar-refractivity contribution is 7.89. The highest BCUT2D eigenvalue weighted by atomic mass is 32.2. The number of ether oxygens (including phenoxy) is 1. The summed E-state index contributed by atoms with van der Waals surface area (Å²) in [7, 11) is -3.64. The predicted molar refractivity (Wildman–Crippen MR) is 130 cm³/mol. The first-order valence-corrected chi connectivity index (χ1v) is 12.5. The maximum atomic E-state index is 13.1. The van der Waals surface area contributed by atoms with E-state index in [2.05, 4.69) is 17.0 Å². The Hall–Kier alpha value is -3.24. The number of fused-ring (bicyclic) bond motifs is 1. The second-order valence-corrected chi connectivity index (χ2v) is 9.92. The number of hydrogen-bond donors (Lipinski definition) is 2. The molecule has 0 radical (unpaired) electrons. The Morgan fingerprint density at radius 3 is 2.50 bits per heavy atom. The number of rotatable bonds is 8. The van der Waals surface area contributed by atoms with Crippen molar-refractivity contribution in [3.63, 3.8) is 0 Å². The van der Waals surface area contributed by atoms with Crippen LogP contribution in [0.3, 0.4) is 0 Å². The van der Waals surface area contributed by atoms with Gasteiger partial charge < -0.3 is 4.74 Å². The smallest absolute Gasteiger partial charge is 0.267 e. The number of carbonyl (C=O) groups excluding carboxylic acids is 1. The van der Waals surface area contributed by atoms with Crippen molar-refractivity contribution in [3.8, 4) is 5.75 Å². The van der Waals surface area contributed by atoms with Crippen LogP contribution in [0.25, 0.3) is 16.8 Å². The first-order valence-electron chi connectivity index (χ1n) is 11.0. The molecule has 4 rings (SSSR count). The molecule has 3 aromatic carbocycles. The van der Waals surface area contributed by atoms with E-state index >= 15 is 0 Å². The van der Waals surface area contributed by atoms with Crippen molar-refractivity contribution in [1.29, 1.82) is 0 Å². The van der Waals surface area contributed by atoms with E-state index in [0.29, 0.717) is 44.9 Å². The molecule has 1 amide bonds. The lowest BCUT2D eigenvalue weighted by atomic mass is 10.1. The van der Waals surface area contributed by atoms with Crippen LogP contribution in [0.5, 0.6) is 5.75 Å². The maximum Gasteiger partial charge on any atom is 0.267 e. The third kappa shape index (κ3) is 5.81. The third-order valence-electron chi connectivity index (χ3n) is 5.76. The van der Waals surface area contributed by atoms with Crippen LogP contribution < -0.4 is 10.2 Å². The topological polar surface area (TPSA) is 99.2 Å². The number of benzene rings is 3. The summed E-state index contributed by atoms with van der Waals surface area (Å²) >= 11 is 0. The largest absolute Gasteiger partial charge is 0.492 e. The molecule has 0 aromatic heterocycles. The Bertz CT molecular complexity index is 1280. The van der Waals surface area contributed by atoms with Gasteiger partial charge in [0.2, 0.25) is 10.0 Å². The first-order chi connectivity index (χ1) is 16.5. The molecule has 0 bridgehead atoms. The quantitative estimate of drug-likeness (QED) is 0.292. The predicted octanol–water partition coefficient (Wildman–Crippen LogP) is 2.74. The van der Waals surface area contributed by atoms with Crippen molar-refractivity contribution in [2.24, 2.45) is 0 Å². The summed E-state index contributed by atoms with van der Waals surface area (Å²) in [6.07, 6.45) is 2.57. The van der Waals surface area contributed by atoms with Gasteiger partial charge in [-0.1, -0.05) is 42.5 Å². The molecule has 0 atom stereocenters. The van der Waals surface area contributed by atoms with Gasteiger partial charge in [0, 0.05) is 38.8 Å². The van der Waals surface area contributed by atoms with Crippen LogP contribution in [0.2, 0.25) is 0 Å². The average Bonchev–Trinajstić information content (AvgIpc) is 2.87. The van der Waals surface area contributed by atoms with Gasteiger partial charge in [-0.2, -0.15) is 4.31 Å². The molecule has 0 spiro atoms. The van der Waals surface area contributed by atoms with Crippen molar-refractivity contribution < 1.29 is 23.2 Å². The molecule has 1 aliphatic rings. The maximum absolute atomic E-state index is 13.1. The second kappa shape index (κ2) is 10.8. The highest BCUT2D eigenvalue weighted by Crippen LogP contribution is 2.21. The fourth-order valence-corrected chi connectivity index (χ4v) is 5.36. The zero-order valence-corrected chi connectivity index (χ0v) is 19.4. The normalized spacial score (nSPS) is 15.6. The first kappa shape index (κ1) is 23.9. The Balaban J connectivity index is 1.29. The molecule has 9 heteroatoms. The summed E-state index contributed by atoms with van der Waals surface area (Å²) in [4.78, 5) is 13.5. The lowest BCUT2D eigenvalue weighted by Crippen LogP contribution is -2.49. The van der Waals surface area contributed by atoms with Crippen molar-refractivity contribution in [1.82, 2.24) is 14.7 Å². The van der Waals surface area contributed by atoms with Crippen molar-refractivity contribution in [2.45, 2.75) is 4.90 Å². The van der Waals surface area contributed by atoms with Gasteiger partial charge in [0.25, 0.3) is 5.91 Å². The van der Waals surface area contributed by atoms with E-state index in [-0.39, 0.29) is 4.90 Å². The fourth-order valence-electron chi connectivity index (χ4n) is 3.88. The Labute approximate surface area is 199 Å². The third-order valence-corrected chi connectivity index (χ3v) is 7.66. The Morgan fingerprint density at radius 1 is 0.971 bits per heavy atom. The molecule has 8 nitrogen and oxygen atoms in total. The monoisotopic (exact) mass is 481 g/mol. The summed E-state index contributed by atoms with van der Waals surface area (Å²) in [5.74, 6) is 0.138. The van der Waals surface area contributed by atoms with Gasteiger partial charge in [0.15, 0.2) is 0 Å². The SMILES string of the molecule is O=C(C=Cc1cccc(S(=O)(=O)N2CCN(CCOc3ccc4ccccc4c3)CC2)c1)NO. The molecule has 1 aliphatic heterocycles. The van der Waals surface area contributed by atoms with Crippen LogP contribution in [0, 0.1) is 0 Å². The van der Waals surface area contributed by atoms with Crippen LogP contribution >= 0.6 is 0 Å². The number of hydroxylamine groups is 1. The molecular formula is C25H27N3O5S. The van der Waals surface area contributed by atoms with Gasteiger partial charge in [-0.25, -0.2) is 13.9 Å². The van der Waals surface area contributed by atoms with Gasteiger partial charge in [-0.15, -0.1) is 0 Å². The van der Waals surface area contributed by atoms with E-state index in [1.807, 2.05) is 30.3 Å². The summed E-state index contributed by atoms with van der Waals surface area (Å²) in [6.45, 7) is 3.28. The summed E-state index contributed by atoms with van der Waals surface area (Å²) in [6, 6.07) is 20.5. The zero-order chi connectivity index (χ0) is 24.0. The van der Waals surface area contributed by atoms with Gasteiger partial charge in [0.1, 0.15) is 12.4 Å². The number of sulfonamides is 1. The molecule has 1 saturated heterocycles. The standard InChI is InChI=1S/C25H27N3O5S/c29-25(26-30)11-8-20-4-3-7-24(18-20)34(31,32)28-14-12-27(13-15-28)16-17-33-23-10-9-21-5-1-2-6-22(21)19-23/h1-11,18-19,30H,12-17H2,(H,26,29). The van der Waals surface area contributed by atoms with E-state index in [4.69, 9.17) is 9.94 Å². The van der Waals surface area contributed by atoms with E-state index in [9.17, 15) is 13.2 Å². The van der Waals surface area contributed by atoms with E-state index in [0.717, 1.165) is 17.2 Å². The van der Waals surface area contributed by atoms with Crippen LogP contribution in [0.1, 0.15) is 5.56 Å². The fraction of sp³-hybridized carbons (Fsp3) is 0.240. The number of hydrogen-bond acceptors (Lipinski definition) is 6. The van der Waals surface area contributed by atoms with Crippen LogP contribution in [-0.2, 0) is 14.8 Å². The molecule has 3 aromatic rings. The van der Waals surface area contributed by atoms with E-state index in [1.165, 1.54) is 27.3 Å². The van der Waals surface area contributed by atoms with Crippen molar-refractivity contribution >= 4 is 32.8 Å². The molecule has 0 unspecified atom stereocenters. The summed E-state index contributed by atoms with van der Waals surface area (Å²) in [5, 5.41) is 10.9.